The second kappa shape index (κ2) is 3.99. The quantitative estimate of drug-likeness (QED) is 0.851. The molecule has 17 heavy (non-hydrogen) atoms. The maximum absolute atomic E-state index is 11.4. The number of carbonyl (C=O) groups is 1. The Morgan fingerprint density at radius 1 is 1.41 bits per heavy atom. The van der Waals surface area contributed by atoms with E-state index in [2.05, 4.69) is 0 Å². The van der Waals surface area contributed by atoms with E-state index in [1.807, 2.05) is 30.4 Å². The lowest BCUT2D eigenvalue weighted by atomic mass is 9.94. The smallest absolute Gasteiger partial charge is 0.284 e. The van der Waals surface area contributed by atoms with E-state index in [0.29, 0.717) is 5.76 Å². The number of furan rings is 1. The fraction of sp³-hybridized carbons (Fsp3) is 0.583. The number of fused-ring (bicyclic) bond motifs is 2. The van der Waals surface area contributed by atoms with Crippen molar-refractivity contribution in [2.24, 2.45) is 5.73 Å². The molecular formula is C12H15NO2S2. The van der Waals surface area contributed by atoms with Crippen molar-refractivity contribution in [1.29, 1.82) is 0 Å². The number of aryl methyl sites for hydroxylation is 1. The van der Waals surface area contributed by atoms with Crippen molar-refractivity contribution >= 4 is 29.4 Å². The monoisotopic (exact) mass is 269 g/mol. The Morgan fingerprint density at radius 2 is 2.12 bits per heavy atom. The Morgan fingerprint density at radius 3 is 2.76 bits per heavy atom. The lowest BCUT2D eigenvalue weighted by molar-refractivity contribution is 0.0971. The molecule has 1 aromatic rings. The van der Waals surface area contributed by atoms with Gasteiger partial charge in [0.05, 0.1) is 4.08 Å². The number of hydrogen-bond acceptors (Lipinski definition) is 4. The SMILES string of the molecule is Cc1c(C(N)=O)oc2c1C1(CCC2)SCCS1. The third kappa shape index (κ3) is 1.63. The van der Waals surface area contributed by atoms with Gasteiger partial charge in [-0.1, -0.05) is 0 Å². The van der Waals surface area contributed by atoms with Gasteiger partial charge in [-0.05, 0) is 19.8 Å². The van der Waals surface area contributed by atoms with Gasteiger partial charge < -0.3 is 10.2 Å². The maximum Gasteiger partial charge on any atom is 0.284 e. The van der Waals surface area contributed by atoms with Crippen LogP contribution in [0.4, 0.5) is 0 Å². The van der Waals surface area contributed by atoms with Crippen LogP contribution in [0, 0.1) is 6.92 Å². The van der Waals surface area contributed by atoms with Gasteiger partial charge in [-0.15, -0.1) is 23.5 Å². The second-order valence-electron chi connectivity index (χ2n) is 4.52. The first kappa shape index (κ1) is 11.5. The third-order valence-electron chi connectivity index (χ3n) is 3.49. The van der Waals surface area contributed by atoms with Crippen LogP contribution in [0.2, 0.25) is 0 Å². The Bertz CT molecular complexity index is 475. The van der Waals surface area contributed by atoms with Crippen LogP contribution in [0.1, 0.15) is 40.3 Å². The zero-order chi connectivity index (χ0) is 12.0. The third-order valence-corrected chi connectivity index (χ3v) is 7.02. The number of amides is 1. The van der Waals surface area contributed by atoms with Gasteiger partial charge in [0.2, 0.25) is 0 Å². The predicted molar refractivity (Wildman–Crippen MR) is 71.5 cm³/mol. The van der Waals surface area contributed by atoms with E-state index >= 15 is 0 Å². The van der Waals surface area contributed by atoms with E-state index in [0.717, 1.165) is 24.2 Å². The van der Waals surface area contributed by atoms with Gasteiger partial charge in [-0.25, -0.2) is 0 Å². The van der Waals surface area contributed by atoms with E-state index < -0.39 is 5.91 Å². The Labute approximate surface area is 109 Å². The highest BCUT2D eigenvalue weighted by molar-refractivity contribution is 8.20. The number of primary amides is 1. The first-order chi connectivity index (χ1) is 8.14. The molecule has 3 rings (SSSR count). The van der Waals surface area contributed by atoms with E-state index in [1.54, 1.807) is 0 Å². The molecule has 1 saturated heterocycles. The summed E-state index contributed by atoms with van der Waals surface area (Å²) in [5.74, 6) is 3.27. The van der Waals surface area contributed by atoms with Crippen molar-refractivity contribution in [1.82, 2.24) is 0 Å². The normalized spacial score (nSPS) is 21.7. The largest absolute Gasteiger partial charge is 0.455 e. The van der Waals surface area contributed by atoms with Crippen LogP contribution in [0.15, 0.2) is 4.42 Å². The summed E-state index contributed by atoms with van der Waals surface area (Å²) < 4.78 is 5.82. The van der Waals surface area contributed by atoms with Crippen molar-refractivity contribution < 1.29 is 9.21 Å². The van der Waals surface area contributed by atoms with Crippen LogP contribution in [0.25, 0.3) is 0 Å². The highest BCUT2D eigenvalue weighted by Gasteiger charge is 2.44. The molecule has 2 aliphatic rings. The molecule has 0 aromatic carbocycles. The number of rotatable bonds is 1. The summed E-state index contributed by atoms with van der Waals surface area (Å²) in [5.41, 5.74) is 7.59. The lowest BCUT2D eigenvalue weighted by Crippen LogP contribution is -2.21. The molecule has 0 atom stereocenters. The standard InChI is InChI=1S/C12H15NO2S2/c1-7-9-8(15-10(7)11(13)14)3-2-4-12(9)16-5-6-17-12/h2-6H2,1H3,(H2,13,14). The lowest BCUT2D eigenvalue weighted by Gasteiger charge is -2.31. The molecular weight excluding hydrogens is 254 g/mol. The highest BCUT2D eigenvalue weighted by atomic mass is 32.2. The molecule has 1 aromatic heterocycles. The number of thioether (sulfide) groups is 2. The number of carbonyl (C=O) groups excluding carboxylic acids is 1. The molecule has 0 unspecified atom stereocenters. The summed E-state index contributed by atoms with van der Waals surface area (Å²) in [6, 6.07) is 0. The molecule has 3 nitrogen and oxygen atoms in total. The number of hydrogen-bond donors (Lipinski definition) is 1. The number of nitrogens with two attached hydrogens (primary N) is 1. The minimum Gasteiger partial charge on any atom is -0.455 e. The van der Waals surface area contributed by atoms with Crippen LogP contribution in [-0.4, -0.2) is 17.4 Å². The molecule has 1 fully saturated rings. The Kier molecular flexibility index (Phi) is 2.70. The van der Waals surface area contributed by atoms with Crippen molar-refractivity contribution in [3.63, 3.8) is 0 Å². The highest BCUT2D eigenvalue weighted by Crippen LogP contribution is 2.59. The first-order valence-electron chi connectivity index (χ1n) is 5.84. The average molecular weight is 269 g/mol. The summed E-state index contributed by atoms with van der Waals surface area (Å²) in [5, 5.41) is 0. The van der Waals surface area contributed by atoms with Crippen LogP contribution < -0.4 is 5.73 Å². The van der Waals surface area contributed by atoms with Gasteiger partial charge >= 0.3 is 0 Å². The minimum atomic E-state index is -0.444. The van der Waals surface area contributed by atoms with Crippen molar-refractivity contribution in [2.75, 3.05) is 11.5 Å². The molecule has 2 N–H and O–H groups in total. The molecule has 0 bridgehead atoms. The average Bonchev–Trinajstić information content (AvgIpc) is 2.86. The molecule has 1 aliphatic heterocycles. The minimum absolute atomic E-state index is 0.134. The zero-order valence-corrected chi connectivity index (χ0v) is 11.4. The van der Waals surface area contributed by atoms with Crippen molar-refractivity contribution in [2.45, 2.75) is 30.3 Å². The Hall–Kier alpha value is -0.550. The van der Waals surface area contributed by atoms with E-state index in [1.165, 1.54) is 23.5 Å². The first-order valence-corrected chi connectivity index (χ1v) is 7.81. The Balaban J connectivity index is 2.16. The van der Waals surface area contributed by atoms with Gasteiger partial charge in [-0.2, -0.15) is 0 Å². The zero-order valence-electron chi connectivity index (χ0n) is 9.75. The van der Waals surface area contributed by atoms with Crippen LogP contribution in [0.3, 0.4) is 0 Å². The second-order valence-corrected chi connectivity index (χ2v) is 7.57. The predicted octanol–water partition coefficient (Wildman–Crippen LogP) is 2.66. The molecule has 92 valence electrons. The van der Waals surface area contributed by atoms with E-state index in [-0.39, 0.29) is 4.08 Å². The summed E-state index contributed by atoms with van der Waals surface area (Å²) in [7, 11) is 0. The summed E-state index contributed by atoms with van der Waals surface area (Å²) in [4.78, 5) is 11.4. The van der Waals surface area contributed by atoms with Gasteiger partial charge in [-0.3, -0.25) is 4.79 Å². The van der Waals surface area contributed by atoms with E-state index in [4.69, 9.17) is 10.2 Å². The molecule has 2 heterocycles. The molecule has 1 amide bonds. The van der Waals surface area contributed by atoms with Gasteiger partial charge in [0.15, 0.2) is 5.76 Å². The molecule has 0 saturated carbocycles. The molecule has 1 aliphatic carbocycles. The summed E-state index contributed by atoms with van der Waals surface area (Å²) in [6.45, 7) is 1.97. The topological polar surface area (TPSA) is 56.2 Å². The van der Waals surface area contributed by atoms with Gasteiger partial charge in [0.25, 0.3) is 5.91 Å². The van der Waals surface area contributed by atoms with Gasteiger partial charge in [0.1, 0.15) is 5.76 Å². The van der Waals surface area contributed by atoms with Crippen molar-refractivity contribution in [3.05, 3.63) is 22.6 Å². The summed E-state index contributed by atoms with van der Waals surface area (Å²) in [6.07, 6.45) is 3.25. The fourth-order valence-electron chi connectivity index (χ4n) is 2.83. The maximum atomic E-state index is 11.4. The molecule has 0 radical (unpaired) electrons. The van der Waals surface area contributed by atoms with Crippen molar-refractivity contribution in [3.8, 4) is 0 Å². The van der Waals surface area contributed by atoms with Crippen LogP contribution in [-0.2, 0) is 10.5 Å². The molecule has 1 spiro atoms. The summed E-state index contributed by atoms with van der Waals surface area (Å²) >= 11 is 4.00. The molecule has 5 heteroatoms. The van der Waals surface area contributed by atoms with Crippen LogP contribution >= 0.6 is 23.5 Å². The van der Waals surface area contributed by atoms with Crippen LogP contribution in [0.5, 0.6) is 0 Å². The van der Waals surface area contributed by atoms with Gasteiger partial charge in [0, 0.05) is 29.1 Å². The van der Waals surface area contributed by atoms with E-state index in [9.17, 15) is 4.79 Å². The fourth-order valence-corrected chi connectivity index (χ4v) is 6.39.